The first-order valence-electron chi connectivity index (χ1n) is 4.69. The van der Waals surface area contributed by atoms with Gasteiger partial charge in [-0.3, -0.25) is 0 Å². The minimum absolute atomic E-state index is 0.343. The minimum Gasteiger partial charge on any atom is -0.507 e. The lowest BCUT2D eigenvalue weighted by molar-refractivity contribution is -0.0274. The van der Waals surface area contributed by atoms with Crippen LogP contribution in [0.3, 0.4) is 0 Å². The summed E-state index contributed by atoms with van der Waals surface area (Å²) < 4.78 is 0.828. The van der Waals surface area contributed by atoms with Crippen LogP contribution in [0.15, 0.2) is 22.7 Å². The number of hydrogen-bond donors (Lipinski definition) is 1. The molecule has 2 bridgehead atoms. The van der Waals surface area contributed by atoms with Crippen molar-refractivity contribution in [2.45, 2.75) is 24.7 Å². The van der Waals surface area contributed by atoms with Gasteiger partial charge in [-0.25, -0.2) is 0 Å². The molecule has 0 aliphatic heterocycles. The molecule has 0 atom stereocenters. The van der Waals surface area contributed by atoms with Crippen molar-refractivity contribution in [3.05, 3.63) is 28.2 Å². The summed E-state index contributed by atoms with van der Waals surface area (Å²) in [7, 11) is 0. The minimum atomic E-state index is 0.343. The van der Waals surface area contributed by atoms with Crippen LogP contribution in [0, 0.1) is 5.92 Å². The van der Waals surface area contributed by atoms with Gasteiger partial charge in [0.15, 0.2) is 0 Å². The van der Waals surface area contributed by atoms with Crippen LogP contribution in [0.2, 0.25) is 0 Å². The molecule has 3 saturated carbocycles. The molecule has 0 saturated heterocycles. The van der Waals surface area contributed by atoms with E-state index < -0.39 is 0 Å². The van der Waals surface area contributed by atoms with Crippen LogP contribution in [-0.4, -0.2) is 5.11 Å². The maximum absolute atomic E-state index is 9.37. The Morgan fingerprint density at radius 3 is 2.46 bits per heavy atom. The molecule has 0 aromatic heterocycles. The first-order valence-corrected chi connectivity index (χ1v) is 5.48. The Labute approximate surface area is 85.9 Å². The number of rotatable bonds is 1. The van der Waals surface area contributed by atoms with E-state index in [-0.39, 0.29) is 0 Å². The number of aromatic hydroxyl groups is 1. The smallest absolute Gasteiger partial charge is 0.129 e. The quantitative estimate of drug-likeness (QED) is 0.797. The van der Waals surface area contributed by atoms with Crippen LogP contribution in [-0.2, 0) is 5.41 Å². The molecule has 2 heteroatoms. The van der Waals surface area contributed by atoms with Crippen LogP contribution < -0.4 is 0 Å². The number of phenolic OH excluding ortho intramolecular Hbond substituents is 1. The van der Waals surface area contributed by atoms with Crippen molar-refractivity contribution in [1.29, 1.82) is 0 Å². The highest BCUT2D eigenvalue weighted by Gasteiger charge is 2.57. The zero-order valence-corrected chi connectivity index (χ0v) is 8.84. The summed E-state index contributed by atoms with van der Waals surface area (Å²) in [6.45, 7) is 0. The van der Waals surface area contributed by atoms with Gasteiger partial charge in [0.25, 0.3) is 0 Å². The van der Waals surface area contributed by atoms with Crippen LogP contribution in [0.1, 0.15) is 24.8 Å². The third-order valence-electron chi connectivity index (χ3n) is 3.60. The summed E-state index contributed by atoms with van der Waals surface area (Å²) in [4.78, 5) is 0. The Morgan fingerprint density at radius 1 is 1.31 bits per heavy atom. The molecule has 0 unspecified atom stereocenters. The average molecular weight is 239 g/mol. The van der Waals surface area contributed by atoms with Gasteiger partial charge in [0, 0.05) is 0 Å². The summed E-state index contributed by atoms with van der Waals surface area (Å²) in [5, 5.41) is 9.37. The van der Waals surface area contributed by atoms with Crippen molar-refractivity contribution in [2.75, 3.05) is 0 Å². The maximum Gasteiger partial charge on any atom is 0.129 e. The van der Waals surface area contributed by atoms with E-state index in [1.54, 1.807) is 6.07 Å². The molecule has 0 amide bonds. The Balaban J connectivity index is 2.01. The average Bonchev–Trinajstić information content (AvgIpc) is 1.90. The Kier molecular flexibility index (Phi) is 1.39. The van der Waals surface area contributed by atoms with E-state index in [0.29, 0.717) is 11.2 Å². The van der Waals surface area contributed by atoms with Gasteiger partial charge in [-0.1, -0.05) is 6.07 Å². The first kappa shape index (κ1) is 7.86. The van der Waals surface area contributed by atoms with Crippen molar-refractivity contribution in [2.24, 2.45) is 5.92 Å². The third kappa shape index (κ3) is 0.925. The van der Waals surface area contributed by atoms with E-state index in [1.165, 1.54) is 24.8 Å². The van der Waals surface area contributed by atoms with Gasteiger partial charge in [-0.05, 0) is 64.2 Å². The normalized spacial score (nSPS) is 35.0. The largest absolute Gasteiger partial charge is 0.507 e. The van der Waals surface area contributed by atoms with Gasteiger partial charge in [0.05, 0.1) is 4.47 Å². The molecule has 0 radical (unpaired) electrons. The van der Waals surface area contributed by atoms with Crippen LogP contribution >= 0.6 is 15.9 Å². The second-order valence-corrected chi connectivity index (χ2v) is 5.28. The molecular weight excluding hydrogens is 228 g/mol. The lowest BCUT2D eigenvalue weighted by Crippen LogP contribution is -2.55. The van der Waals surface area contributed by atoms with Crippen LogP contribution in [0.5, 0.6) is 5.75 Å². The van der Waals surface area contributed by atoms with Gasteiger partial charge in [-0.15, -0.1) is 0 Å². The lowest BCUT2D eigenvalue weighted by Gasteiger charge is -2.62. The second-order valence-electron chi connectivity index (χ2n) is 4.42. The van der Waals surface area contributed by atoms with Crippen LogP contribution in [0.4, 0.5) is 0 Å². The van der Waals surface area contributed by atoms with Crippen molar-refractivity contribution in [1.82, 2.24) is 0 Å². The van der Waals surface area contributed by atoms with Crippen molar-refractivity contribution in [3.63, 3.8) is 0 Å². The van der Waals surface area contributed by atoms with E-state index in [1.807, 2.05) is 0 Å². The van der Waals surface area contributed by atoms with E-state index in [9.17, 15) is 5.11 Å². The molecule has 68 valence electrons. The molecule has 3 aliphatic carbocycles. The third-order valence-corrected chi connectivity index (χ3v) is 4.23. The molecule has 1 aromatic carbocycles. The topological polar surface area (TPSA) is 20.2 Å². The number of benzene rings is 1. The lowest BCUT2D eigenvalue weighted by atomic mass is 9.42. The molecule has 1 nitrogen and oxygen atoms in total. The standard InChI is InChI=1S/C11H11BrO/c12-9-3-8(1-2-10(9)13)11-4-7(5-11)6-11/h1-3,7,13H,4-6H2. The molecule has 0 spiro atoms. The van der Waals surface area contributed by atoms with E-state index >= 15 is 0 Å². The Morgan fingerprint density at radius 2 is 2.00 bits per heavy atom. The molecule has 4 rings (SSSR count). The highest BCUT2D eigenvalue weighted by molar-refractivity contribution is 9.10. The first-order chi connectivity index (χ1) is 6.20. The molecular formula is C11H11BrO. The zero-order valence-electron chi connectivity index (χ0n) is 7.26. The van der Waals surface area contributed by atoms with Gasteiger partial charge >= 0.3 is 0 Å². The predicted molar refractivity (Wildman–Crippen MR) is 54.8 cm³/mol. The zero-order chi connectivity index (χ0) is 9.05. The molecule has 3 aliphatic rings. The number of hydrogen-bond acceptors (Lipinski definition) is 1. The van der Waals surface area contributed by atoms with Crippen molar-refractivity contribution < 1.29 is 5.11 Å². The van der Waals surface area contributed by atoms with Crippen LogP contribution in [0.25, 0.3) is 0 Å². The molecule has 1 aromatic rings. The molecule has 3 fully saturated rings. The van der Waals surface area contributed by atoms with E-state index in [4.69, 9.17) is 0 Å². The highest BCUT2D eigenvalue weighted by Crippen LogP contribution is 2.65. The SMILES string of the molecule is Oc1ccc(C23CC(C2)C3)cc1Br. The van der Waals surface area contributed by atoms with Crippen molar-refractivity contribution in [3.8, 4) is 5.75 Å². The number of phenols is 1. The summed E-state index contributed by atoms with van der Waals surface area (Å²) >= 11 is 3.36. The summed E-state index contributed by atoms with van der Waals surface area (Å²) in [5.41, 5.74) is 1.90. The Hall–Kier alpha value is -0.500. The fourth-order valence-electron chi connectivity index (χ4n) is 2.67. The maximum atomic E-state index is 9.37. The fraction of sp³-hybridized carbons (Fsp3) is 0.455. The van der Waals surface area contributed by atoms with Gasteiger partial charge < -0.3 is 5.11 Å². The molecule has 13 heavy (non-hydrogen) atoms. The Bertz CT molecular complexity index is 355. The second kappa shape index (κ2) is 2.30. The monoisotopic (exact) mass is 238 g/mol. The summed E-state index contributed by atoms with van der Waals surface area (Å²) in [6, 6.07) is 5.93. The van der Waals surface area contributed by atoms with Gasteiger partial charge in [0.2, 0.25) is 0 Å². The van der Waals surface area contributed by atoms with Gasteiger partial charge in [-0.2, -0.15) is 0 Å². The van der Waals surface area contributed by atoms with E-state index in [0.717, 1.165) is 10.4 Å². The molecule has 0 heterocycles. The molecule has 1 N–H and O–H groups in total. The summed E-state index contributed by atoms with van der Waals surface area (Å²) in [5.74, 6) is 1.35. The number of halogens is 1. The van der Waals surface area contributed by atoms with E-state index in [2.05, 4.69) is 28.1 Å². The highest BCUT2D eigenvalue weighted by atomic mass is 79.9. The summed E-state index contributed by atoms with van der Waals surface area (Å²) in [6.07, 6.45) is 4.10. The predicted octanol–water partition coefficient (Wildman–Crippen LogP) is 3.21. The fourth-order valence-corrected chi connectivity index (χ4v) is 3.05. The van der Waals surface area contributed by atoms with Crippen molar-refractivity contribution >= 4 is 15.9 Å². The van der Waals surface area contributed by atoms with Gasteiger partial charge in [0.1, 0.15) is 5.75 Å².